The highest BCUT2D eigenvalue weighted by Gasteiger charge is 2.18. The Morgan fingerprint density at radius 1 is 1.36 bits per heavy atom. The summed E-state index contributed by atoms with van der Waals surface area (Å²) in [5.41, 5.74) is 0.574. The zero-order valence-corrected chi connectivity index (χ0v) is 12.2. The Morgan fingerprint density at radius 2 is 2.18 bits per heavy atom. The minimum absolute atomic E-state index is 0.00146. The van der Waals surface area contributed by atoms with Crippen molar-refractivity contribution in [3.05, 3.63) is 24.3 Å². The molecule has 2 rings (SSSR count). The van der Waals surface area contributed by atoms with Crippen LogP contribution < -0.4 is 15.4 Å². The maximum Gasteiger partial charge on any atom is 0.319 e. The third-order valence-corrected chi connectivity index (χ3v) is 3.17. The highest BCUT2D eigenvalue weighted by atomic mass is 16.5. The Labute approximate surface area is 128 Å². The predicted octanol–water partition coefficient (Wildman–Crippen LogP) is 1.84. The van der Waals surface area contributed by atoms with Crippen LogP contribution in [-0.4, -0.2) is 43.0 Å². The summed E-state index contributed by atoms with van der Waals surface area (Å²) in [6.07, 6.45) is 1.25. The molecule has 3 N–H and O–H groups in total. The minimum atomic E-state index is -0.875. The molecule has 0 bridgehead atoms. The minimum Gasteiger partial charge on any atom is -0.486 e. The van der Waals surface area contributed by atoms with E-state index >= 15 is 0 Å². The van der Waals surface area contributed by atoms with Gasteiger partial charge in [-0.15, -0.1) is 0 Å². The summed E-state index contributed by atoms with van der Waals surface area (Å²) in [6.45, 7) is 1.54. The van der Waals surface area contributed by atoms with Crippen LogP contribution in [0, 0.1) is 0 Å². The zero-order chi connectivity index (χ0) is 15.8. The Hall–Kier alpha value is -2.28. The standard InChI is InChI=1S/C15H20N2O5/c18-14(19)6-3-8-16-15(20)17-12-4-1-2-5-13(12)22-11-7-9-21-10-11/h1-2,4-5,11H,3,6-10H2,(H,18,19)(H2,16,17,20). The number of benzene rings is 1. The number of carbonyl (C=O) groups excluding carboxylic acids is 1. The van der Waals surface area contributed by atoms with E-state index < -0.39 is 5.97 Å². The van der Waals surface area contributed by atoms with Gasteiger partial charge >= 0.3 is 12.0 Å². The molecule has 0 radical (unpaired) electrons. The number of ether oxygens (including phenoxy) is 2. The van der Waals surface area contributed by atoms with Gasteiger partial charge in [-0.3, -0.25) is 4.79 Å². The number of aliphatic carboxylic acids is 1. The molecule has 1 aromatic carbocycles. The monoisotopic (exact) mass is 308 g/mol. The summed E-state index contributed by atoms with van der Waals surface area (Å²) in [5, 5.41) is 13.9. The molecule has 120 valence electrons. The zero-order valence-electron chi connectivity index (χ0n) is 12.2. The lowest BCUT2D eigenvalue weighted by molar-refractivity contribution is -0.137. The van der Waals surface area contributed by atoms with Crippen LogP contribution in [0.2, 0.25) is 0 Å². The van der Waals surface area contributed by atoms with Crippen molar-refractivity contribution in [2.75, 3.05) is 25.1 Å². The van der Waals surface area contributed by atoms with Gasteiger partial charge in [0.2, 0.25) is 0 Å². The Bertz CT molecular complexity index is 514. The Morgan fingerprint density at radius 3 is 2.91 bits per heavy atom. The third-order valence-electron chi connectivity index (χ3n) is 3.17. The SMILES string of the molecule is O=C(O)CCCNC(=O)Nc1ccccc1OC1CCOC1. The summed E-state index contributed by atoms with van der Waals surface area (Å²) in [4.78, 5) is 22.2. The first-order valence-corrected chi connectivity index (χ1v) is 7.25. The molecule has 1 aliphatic rings. The number of carboxylic acids is 1. The molecule has 22 heavy (non-hydrogen) atoms. The molecule has 2 amide bonds. The van der Waals surface area contributed by atoms with E-state index in [1.807, 2.05) is 6.07 Å². The average molecular weight is 308 g/mol. The second-order valence-electron chi connectivity index (χ2n) is 4.98. The first kappa shape index (κ1) is 16.1. The molecule has 0 saturated carbocycles. The van der Waals surface area contributed by atoms with Crippen LogP contribution in [0.1, 0.15) is 19.3 Å². The number of hydrogen-bond donors (Lipinski definition) is 3. The van der Waals surface area contributed by atoms with Crippen LogP contribution in [0.25, 0.3) is 0 Å². The van der Waals surface area contributed by atoms with Gasteiger partial charge in [-0.05, 0) is 18.6 Å². The summed E-state index contributed by atoms with van der Waals surface area (Å²) >= 11 is 0. The van der Waals surface area contributed by atoms with E-state index in [0.29, 0.717) is 37.6 Å². The first-order valence-electron chi connectivity index (χ1n) is 7.25. The van der Waals surface area contributed by atoms with E-state index in [1.54, 1.807) is 18.2 Å². The lowest BCUT2D eigenvalue weighted by atomic mass is 10.2. The molecule has 1 aromatic rings. The molecule has 7 heteroatoms. The summed E-state index contributed by atoms with van der Waals surface area (Å²) < 4.78 is 11.1. The lowest BCUT2D eigenvalue weighted by Crippen LogP contribution is -2.30. The van der Waals surface area contributed by atoms with Crippen molar-refractivity contribution in [1.82, 2.24) is 5.32 Å². The topological polar surface area (TPSA) is 96.9 Å². The lowest BCUT2D eigenvalue weighted by Gasteiger charge is -2.16. The van der Waals surface area contributed by atoms with E-state index in [-0.39, 0.29) is 18.6 Å². The fourth-order valence-electron chi connectivity index (χ4n) is 2.07. The number of nitrogens with one attached hydrogen (secondary N) is 2. The number of carbonyl (C=O) groups is 2. The van der Waals surface area contributed by atoms with Crippen molar-refractivity contribution >= 4 is 17.7 Å². The van der Waals surface area contributed by atoms with Gasteiger partial charge in [0.1, 0.15) is 11.9 Å². The smallest absolute Gasteiger partial charge is 0.319 e. The van der Waals surface area contributed by atoms with Gasteiger partial charge in [-0.25, -0.2) is 4.79 Å². The van der Waals surface area contributed by atoms with Gasteiger partial charge in [0, 0.05) is 19.4 Å². The van der Waals surface area contributed by atoms with E-state index in [0.717, 1.165) is 6.42 Å². The van der Waals surface area contributed by atoms with Gasteiger partial charge in [0.15, 0.2) is 0 Å². The van der Waals surface area contributed by atoms with E-state index in [9.17, 15) is 9.59 Å². The summed E-state index contributed by atoms with van der Waals surface area (Å²) in [7, 11) is 0. The van der Waals surface area contributed by atoms with Gasteiger partial charge in [0.05, 0.1) is 18.9 Å². The number of carboxylic acid groups (broad SMARTS) is 1. The number of hydrogen-bond acceptors (Lipinski definition) is 4. The maximum atomic E-state index is 11.8. The normalized spacial score (nSPS) is 17.0. The fraction of sp³-hybridized carbons (Fsp3) is 0.467. The van der Waals surface area contributed by atoms with Crippen molar-refractivity contribution in [1.29, 1.82) is 0 Å². The van der Waals surface area contributed by atoms with Gasteiger partial charge in [0.25, 0.3) is 0 Å². The molecule has 0 spiro atoms. The highest BCUT2D eigenvalue weighted by molar-refractivity contribution is 5.90. The molecular weight excluding hydrogens is 288 g/mol. The van der Waals surface area contributed by atoms with Crippen LogP contribution in [0.15, 0.2) is 24.3 Å². The Kier molecular flexibility index (Phi) is 6.02. The number of amides is 2. The quantitative estimate of drug-likeness (QED) is 0.668. The van der Waals surface area contributed by atoms with Crippen molar-refractivity contribution in [3.8, 4) is 5.75 Å². The molecule has 1 fully saturated rings. The van der Waals surface area contributed by atoms with E-state index in [2.05, 4.69) is 10.6 Å². The second-order valence-corrected chi connectivity index (χ2v) is 4.98. The van der Waals surface area contributed by atoms with Gasteiger partial charge in [-0.1, -0.05) is 12.1 Å². The van der Waals surface area contributed by atoms with Crippen molar-refractivity contribution < 1.29 is 24.2 Å². The van der Waals surface area contributed by atoms with Crippen LogP contribution in [0.5, 0.6) is 5.75 Å². The largest absolute Gasteiger partial charge is 0.486 e. The van der Waals surface area contributed by atoms with Crippen molar-refractivity contribution in [2.24, 2.45) is 0 Å². The molecule has 1 saturated heterocycles. The van der Waals surface area contributed by atoms with Gasteiger partial charge < -0.3 is 25.2 Å². The fourth-order valence-corrected chi connectivity index (χ4v) is 2.07. The van der Waals surface area contributed by atoms with Crippen LogP contribution in [0.4, 0.5) is 10.5 Å². The molecule has 1 aliphatic heterocycles. The molecule has 1 heterocycles. The third kappa shape index (κ3) is 5.25. The molecule has 0 aromatic heterocycles. The number of anilines is 1. The molecular formula is C15H20N2O5. The van der Waals surface area contributed by atoms with Crippen molar-refractivity contribution in [3.63, 3.8) is 0 Å². The van der Waals surface area contributed by atoms with E-state index in [4.69, 9.17) is 14.6 Å². The van der Waals surface area contributed by atoms with Crippen molar-refractivity contribution in [2.45, 2.75) is 25.4 Å². The molecule has 1 atom stereocenters. The highest BCUT2D eigenvalue weighted by Crippen LogP contribution is 2.26. The number of para-hydroxylation sites is 2. The number of urea groups is 1. The molecule has 0 aliphatic carbocycles. The Balaban J connectivity index is 1.83. The average Bonchev–Trinajstić information content (AvgIpc) is 2.98. The number of rotatable bonds is 7. The van der Waals surface area contributed by atoms with Crippen LogP contribution in [-0.2, 0) is 9.53 Å². The second kappa shape index (κ2) is 8.23. The van der Waals surface area contributed by atoms with Crippen LogP contribution >= 0.6 is 0 Å². The summed E-state index contributed by atoms with van der Waals surface area (Å²) in [6, 6.07) is 6.79. The predicted molar refractivity (Wildman–Crippen MR) is 80.2 cm³/mol. The molecule has 1 unspecified atom stereocenters. The molecule has 7 nitrogen and oxygen atoms in total. The first-order chi connectivity index (χ1) is 10.6. The van der Waals surface area contributed by atoms with Gasteiger partial charge in [-0.2, -0.15) is 0 Å². The van der Waals surface area contributed by atoms with E-state index in [1.165, 1.54) is 0 Å². The maximum absolute atomic E-state index is 11.8. The summed E-state index contributed by atoms with van der Waals surface area (Å²) in [5.74, 6) is -0.279. The van der Waals surface area contributed by atoms with Crippen LogP contribution in [0.3, 0.4) is 0 Å².